The first-order valence-corrected chi connectivity index (χ1v) is 6.61. The van der Waals surface area contributed by atoms with Crippen LogP contribution in [0.25, 0.3) is 0 Å². The standard InChI is InChI=1S/C15H13Cl2FO/c1-9-2-5-12(14(18)6-9)15(19)7-10-3-4-11(16)8-13(10)17/h2-6,8,15,19H,7H2,1H3. The average molecular weight is 299 g/mol. The summed E-state index contributed by atoms with van der Waals surface area (Å²) in [5, 5.41) is 11.1. The van der Waals surface area contributed by atoms with Crippen molar-refractivity contribution in [3.8, 4) is 0 Å². The first kappa shape index (κ1) is 14.3. The van der Waals surface area contributed by atoms with Gasteiger partial charge in [-0.3, -0.25) is 0 Å². The van der Waals surface area contributed by atoms with Crippen molar-refractivity contribution < 1.29 is 9.50 Å². The second-order valence-corrected chi connectivity index (χ2v) is 5.32. The van der Waals surface area contributed by atoms with Crippen LogP contribution in [0.4, 0.5) is 4.39 Å². The monoisotopic (exact) mass is 298 g/mol. The predicted molar refractivity (Wildman–Crippen MR) is 76.3 cm³/mol. The summed E-state index contributed by atoms with van der Waals surface area (Å²) in [7, 11) is 0. The van der Waals surface area contributed by atoms with Gasteiger partial charge in [-0.25, -0.2) is 4.39 Å². The Hall–Kier alpha value is -1.09. The van der Waals surface area contributed by atoms with Gasteiger partial charge in [-0.15, -0.1) is 0 Å². The molecule has 0 heterocycles. The molecule has 2 rings (SSSR count). The van der Waals surface area contributed by atoms with E-state index < -0.39 is 11.9 Å². The van der Waals surface area contributed by atoms with Gasteiger partial charge in [-0.2, -0.15) is 0 Å². The highest BCUT2D eigenvalue weighted by Crippen LogP contribution is 2.27. The zero-order chi connectivity index (χ0) is 14.0. The molecular weight excluding hydrogens is 286 g/mol. The van der Waals surface area contributed by atoms with Gasteiger partial charge in [0, 0.05) is 22.0 Å². The number of benzene rings is 2. The van der Waals surface area contributed by atoms with Crippen LogP contribution in [-0.4, -0.2) is 5.11 Å². The molecule has 0 aromatic heterocycles. The van der Waals surface area contributed by atoms with Crippen LogP contribution in [-0.2, 0) is 6.42 Å². The molecule has 2 aromatic carbocycles. The molecule has 1 atom stereocenters. The number of hydrogen-bond acceptors (Lipinski definition) is 1. The highest BCUT2D eigenvalue weighted by Gasteiger charge is 2.15. The van der Waals surface area contributed by atoms with Crippen molar-refractivity contribution in [3.05, 3.63) is 69.0 Å². The Kier molecular flexibility index (Phi) is 4.46. The topological polar surface area (TPSA) is 20.2 Å². The van der Waals surface area contributed by atoms with E-state index in [9.17, 15) is 9.50 Å². The van der Waals surface area contributed by atoms with Gasteiger partial charge < -0.3 is 5.11 Å². The Bertz CT molecular complexity index is 599. The van der Waals surface area contributed by atoms with Crippen LogP contribution in [0.2, 0.25) is 10.0 Å². The van der Waals surface area contributed by atoms with E-state index in [1.54, 1.807) is 37.3 Å². The normalized spacial score (nSPS) is 12.5. The van der Waals surface area contributed by atoms with Crippen LogP contribution in [0, 0.1) is 12.7 Å². The third kappa shape index (κ3) is 3.47. The second-order valence-electron chi connectivity index (χ2n) is 4.48. The molecule has 1 nitrogen and oxygen atoms in total. The van der Waals surface area contributed by atoms with Crippen molar-refractivity contribution in [2.24, 2.45) is 0 Å². The molecule has 0 spiro atoms. The Labute approximate surface area is 121 Å². The van der Waals surface area contributed by atoms with Crippen molar-refractivity contribution in [2.45, 2.75) is 19.4 Å². The molecule has 0 aliphatic rings. The quantitative estimate of drug-likeness (QED) is 0.869. The van der Waals surface area contributed by atoms with Gasteiger partial charge >= 0.3 is 0 Å². The molecule has 19 heavy (non-hydrogen) atoms. The van der Waals surface area contributed by atoms with Gasteiger partial charge in [0.05, 0.1) is 6.10 Å². The average Bonchev–Trinajstić information content (AvgIpc) is 2.32. The fourth-order valence-corrected chi connectivity index (χ4v) is 2.39. The molecule has 0 radical (unpaired) electrons. The summed E-state index contributed by atoms with van der Waals surface area (Å²) in [5.41, 5.74) is 1.83. The molecule has 1 N–H and O–H groups in total. The van der Waals surface area contributed by atoms with Crippen LogP contribution in [0.5, 0.6) is 0 Å². The van der Waals surface area contributed by atoms with E-state index in [0.717, 1.165) is 11.1 Å². The van der Waals surface area contributed by atoms with Crippen molar-refractivity contribution in [3.63, 3.8) is 0 Å². The molecule has 1 unspecified atom stereocenters. The fourth-order valence-electron chi connectivity index (χ4n) is 1.91. The van der Waals surface area contributed by atoms with E-state index in [0.29, 0.717) is 10.0 Å². The molecule has 0 amide bonds. The summed E-state index contributed by atoms with van der Waals surface area (Å²) >= 11 is 11.8. The Morgan fingerprint density at radius 3 is 2.53 bits per heavy atom. The van der Waals surface area contributed by atoms with Gasteiger partial charge in [0.2, 0.25) is 0 Å². The molecule has 0 aliphatic carbocycles. The summed E-state index contributed by atoms with van der Waals surface area (Å²) < 4.78 is 13.8. The Morgan fingerprint density at radius 1 is 1.16 bits per heavy atom. The Balaban J connectivity index is 2.23. The number of hydrogen-bond donors (Lipinski definition) is 1. The molecule has 0 saturated heterocycles. The number of halogens is 3. The van der Waals surface area contributed by atoms with Crippen molar-refractivity contribution in [1.82, 2.24) is 0 Å². The molecule has 0 fully saturated rings. The summed E-state index contributed by atoms with van der Waals surface area (Å²) in [6, 6.07) is 9.81. The number of aliphatic hydroxyl groups excluding tert-OH is 1. The maximum absolute atomic E-state index is 13.8. The first-order valence-electron chi connectivity index (χ1n) is 5.85. The zero-order valence-electron chi connectivity index (χ0n) is 10.3. The van der Waals surface area contributed by atoms with E-state index >= 15 is 0 Å². The van der Waals surface area contributed by atoms with Crippen molar-refractivity contribution >= 4 is 23.2 Å². The third-order valence-electron chi connectivity index (χ3n) is 2.94. The fraction of sp³-hybridized carbons (Fsp3) is 0.200. The third-order valence-corrected chi connectivity index (χ3v) is 3.53. The van der Waals surface area contributed by atoms with Gasteiger partial charge in [0.15, 0.2) is 0 Å². The van der Waals surface area contributed by atoms with E-state index in [2.05, 4.69) is 0 Å². The maximum atomic E-state index is 13.8. The highest BCUT2D eigenvalue weighted by atomic mass is 35.5. The van der Waals surface area contributed by atoms with E-state index in [1.165, 1.54) is 6.07 Å². The minimum atomic E-state index is -0.931. The lowest BCUT2D eigenvalue weighted by Gasteiger charge is -2.13. The van der Waals surface area contributed by atoms with E-state index in [1.807, 2.05) is 0 Å². The van der Waals surface area contributed by atoms with E-state index in [-0.39, 0.29) is 12.0 Å². The second kappa shape index (κ2) is 5.91. The SMILES string of the molecule is Cc1ccc(C(O)Cc2ccc(Cl)cc2Cl)c(F)c1. The van der Waals surface area contributed by atoms with Gasteiger partial charge in [-0.05, 0) is 36.2 Å². The lowest BCUT2D eigenvalue weighted by atomic mass is 10.00. The maximum Gasteiger partial charge on any atom is 0.129 e. The molecule has 0 aliphatic heterocycles. The van der Waals surface area contributed by atoms with E-state index in [4.69, 9.17) is 23.2 Å². The van der Waals surface area contributed by atoms with Crippen LogP contribution >= 0.6 is 23.2 Å². The minimum absolute atomic E-state index is 0.246. The molecule has 0 saturated carbocycles. The molecule has 2 aromatic rings. The minimum Gasteiger partial charge on any atom is -0.388 e. The van der Waals surface area contributed by atoms with Crippen LogP contribution in [0.3, 0.4) is 0 Å². The lowest BCUT2D eigenvalue weighted by Crippen LogP contribution is -2.05. The summed E-state index contributed by atoms with van der Waals surface area (Å²) in [4.78, 5) is 0. The van der Waals surface area contributed by atoms with Crippen LogP contribution in [0.15, 0.2) is 36.4 Å². The molecule has 0 bridgehead atoms. The smallest absolute Gasteiger partial charge is 0.129 e. The molecule has 4 heteroatoms. The largest absolute Gasteiger partial charge is 0.388 e. The van der Waals surface area contributed by atoms with Gasteiger partial charge in [0.1, 0.15) is 5.82 Å². The van der Waals surface area contributed by atoms with Crippen LogP contribution < -0.4 is 0 Å². The number of aryl methyl sites for hydroxylation is 1. The molecular formula is C15H13Cl2FO. The van der Waals surface area contributed by atoms with Crippen LogP contribution in [0.1, 0.15) is 22.8 Å². The lowest BCUT2D eigenvalue weighted by molar-refractivity contribution is 0.173. The predicted octanol–water partition coefficient (Wildman–Crippen LogP) is 4.72. The zero-order valence-corrected chi connectivity index (χ0v) is 11.8. The number of rotatable bonds is 3. The summed E-state index contributed by atoms with van der Waals surface area (Å²) in [6.45, 7) is 1.80. The Morgan fingerprint density at radius 2 is 1.89 bits per heavy atom. The van der Waals surface area contributed by atoms with Crippen molar-refractivity contribution in [2.75, 3.05) is 0 Å². The number of aliphatic hydroxyl groups is 1. The van der Waals surface area contributed by atoms with Gasteiger partial charge in [-0.1, -0.05) is 41.4 Å². The van der Waals surface area contributed by atoms with Crippen molar-refractivity contribution in [1.29, 1.82) is 0 Å². The first-order chi connectivity index (χ1) is 8.97. The van der Waals surface area contributed by atoms with Gasteiger partial charge in [0.25, 0.3) is 0 Å². The highest BCUT2D eigenvalue weighted by molar-refractivity contribution is 6.35. The summed E-state index contributed by atoms with van der Waals surface area (Å²) in [6.07, 6.45) is -0.685. The molecule has 100 valence electrons. The summed E-state index contributed by atoms with van der Waals surface area (Å²) in [5.74, 6) is -0.405.